The number of hydrogen-bond donors (Lipinski definition) is 2. The number of halogens is 2. The van der Waals surface area contributed by atoms with Crippen molar-refractivity contribution in [3.05, 3.63) is 29.6 Å². The molecule has 4 nitrogen and oxygen atoms in total. The quantitative estimate of drug-likeness (QED) is 0.861. The topological polar surface area (TPSA) is 64.3 Å². The van der Waals surface area contributed by atoms with Crippen LogP contribution in [0.1, 0.15) is 17.3 Å². The Hall–Kier alpha value is -1.33. The number of benzene rings is 1. The average Bonchev–Trinajstić information content (AvgIpc) is 2.28. The molecule has 1 atom stereocenters. The first-order valence-electron chi connectivity index (χ1n) is 4.93. The van der Waals surface area contributed by atoms with E-state index in [1.807, 2.05) is 0 Å². The Morgan fingerprint density at radius 1 is 1.59 bits per heavy atom. The van der Waals surface area contributed by atoms with E-state index in [2.05, 4.69) is 5.32 Å². The van der Waals surface area contributed by atoms with Crippen molar-refractivity contribution in [1.82, 2.24) is 5.32 Å². The first kappa shape index (κ1) is 15.7. The summed E-state index contributed by atoms with van der Waals surface area (Å²) in [7, 11) is 1.44. The van der Waals surface area contributed by atoms with Gasteiger partial charge < -0.3 is 15.8 Å². The highest BCUT2D eigenvalue weighted by atomic mass is 35.5. The molecule has 1 aromatic rings. The molecule has 0 heterocycles. The first-order valence-corrected chi connectivity index (χ1v) is 4.93. The number of carbonyl (C=O) groups excluding carboxylic acids is 1. The van der Waals surface area contributed by atoms with E-state index in [0.29, 0.717) is 12.3 Å². The van der Waals surface area contributed by atoms with E-state index in [9.17, 15) is 9.18 Å². The fourth-order valence-corrected chi connectivity index (χ4v) is 1.17. The van der Waals surface area contributed by atoms with Gasteiger partial charge in [-0.05, 0) is 19.1 Å². The molecule has 0 saturated carbocycles. The summed E-state index contributed by atoms with van der Waals surface area (Å²) in [4.78, 5) is 11.6. The summed E-state index contributed by atoms with van der Waals surface area (Å²) in [6.45, 7) is 2.06. The zero-order valence-corrected chi connectivity index (χ0v) is 10.5. The standard InChI is InChI=1S/C11H15FN2O2.ClH/c1-7(6-13)14-11(15)9-4-3-8(16-2)5-10(9)12;/h3-5,7H,6,13H2,1-2H3,(H,14,15);1H/t7-;/m1./s1. The molecule has 0 aromatic heterocycles. The van der Waals surface area contributed by atoms with Crippen LogP contribution in [0.3, 0.4) is 0 Å². The Labute approximate surface area is 106 Å². The van der Waals surface area contributed by atoms with Gasteiger partial charge in [-0.15, -0.1) is 12.4 Å². The monoisotopic (exact) mass is 262 g/mol. The first-order chi connectivity index (χ1) is 7.58. The van der Waals surface area contributed by atoms with Crippen LogP contribution in [-0.2, 0) is 0 Å². The van der Waals surface area contributed by atoms with Gasteiger partial charge >= 0.3 is 0 Å². The van der Waals surface area contributed by atoms with E-state index in [1.54, 1.807) is 6.92 Å². The van der Waals surface area contributed by atoms with Crippen molar-refractivity contribution >= 4 is 18.3 Å². The van der Waals surface area contributed by atoms with Crippen LogP contribution < -0.4 is 15.8 Å². The Kier molecular flexibility index (Phi) is 6.53. The summed E-state index contributed by atoms with van der Waals surface area (Å²) in [5.74, 6) is -0.708. The van der Waals surface area contributed by atoms with Crippen LogP contribution >= 0.6 is 12.4 Å². The molecule has 0 aliphatic heterocycles. The van der Waals surface area contributed by atoms with Gasteiger partial charge in [0.2, 0.25) is 0 Å². The molecule has 1 aromatic carbocycles. The van der Waals surface area contributed by atoms with Crippen molar-refractivity contribution in [2.75, 3.05) is 13.7 Å². The Morgan fingerprint density at radius 2 is 2.24 bits per heavy atom. The zero-order chi connectivity index (χ0) is 12.1. The number of rotatable bonds is 4. The van der Waals surface area contributed by atoms with E-state index in [0.717, 1.165) is 0 Å². The smallest absolute Gasteiger partial charge is 0.254 e. The predicted molar refractivity (Wildman–Crippen MR) is 66.2 cm³/mol. The molecule has 0 bridgehead atoms. The van der Waals surface area contributed by atoms with Crippen LogP contribution in [0.15, 0.2) is 18.2 Å². The molecule has 96 valence electrons. The largest absolute Gasteiger partial charge is 0.497 e. The number of carbonyl (C=O) groups is 1. The highest BCUT2D eigenvalue weighted by molar-refractivity contribution is 5.94. The average molecular weight is 263 g/mol. The molecular formula is C11H16ClFN2O2. The van der Waals surface area contributed by atoms with Crippen molar-refractivity contribution in [2.45, 2.75) is 13.0 Å². The van der Waals surface area contributed by atoms with Crippen LogP contribution in [0.5, 0.6) is 5.75 Å². The molecule has 0 aliphatic carbocycles. The van der Waals surface area contributed by atoms with Gasteiger partial charge in [-0.3, -0.25) is 4.79 Å². The number of amides is 1. The molecular weight excluding hydrogens is 247 g/mol. The molecule has 6 heteroatoms. The minimum absolute atomic E-state index is 0. The number of nitrogens with two attached hydrogens (primary N) is 1. The molecule has 3 N–H and O–H groups in total. The number of ether oxygens (including phenoxy) is 1. The van der Waals surface area contributed by atoms with E-state index >= 15 is 0 Å². The molecule has 0 unspecified atom stereocenters. The van der Waals surface area contributed by atoms with Crippen LogP contribution in [0.4, 0.5) is 4.39 Å². The van der Waals surface area contributed by atoms with E-state index in [-0.39, 0.29) is 24.0 Å². The van der Waals surface area contributed by atoms with E-state index < -0.39 is 11.7 Å². The second kappa shape index (κ2) is 7.09. The van der Waals surface area contributed by atoms with Gasteiger partial charge in [0.05, 0.1) is 12.7 Å². The van der Waals surface area contributed by atoms with Gasteiger partial charge in [-0.1, -0.05) is 0 Å². The predicted octanol–water partition coefficient (Wildman–Crippen LogP) is 1.33. The second-order valence-corrected chi connectivity index (χ2v) is 3.46. The van der Waals surface area contributed by atoms with Crippen molar-refractivity contribution in [2.24, 2.45) is 5.73 Å². The highest BCUT2D eigenvalue weighted by Crippen LogP contribution is 2.16. The van der Waals surface area contributed by atoms with Crippen LogP contribution in [0.25, 0.3) is 0 Å². The molecule has 1 rings (SSSR count). The van der Waals surface area contributed by atoms with Gasteiger partial charge in [-0.2, -0.15) is 0 Å². The SMILES string of the molecule is COc1ccc(C(=O)N[C@H](C)CN)c(F)c1.Cl. The number of methoxy groups -OCH3 is 1. The van der Waals surface area contributed by atoms with E-state index in [4.69, 9.17) is 10.5 Å². The molecule has 0 aliphatic rings. The fourth-order valence-electron chi connectivity index (χ4n) is 1.17. The minimum atomic E-state index is -0.610. The Balaban J connectivity index is 0.00000256. The van der Waals surface area contributed by atoms with Gasteiger partial charge in [-0.25, -0.2) is 4.39 Å². The van der Waals surface area contributed by atoms with Crippen molar-refractivity contribution in [1.29, 1.82) is 0 Å². The van der Waals surface area contributed by atoms with Crippen molar-refractivity contribution in [3.63, 3.8) is 0 Å². The minimum Gasteiger partial charge on any atom is -0.497 e. The van der Waals surface area contributed by atoms with Gasteiger partial charge in [0.15, 0.2) is 0 Å². The maximum atomic E-state index is 13.5. The second-order valence-electron chi connectivity index (χ2n) is 3.46. The summed E-state index contributed by atoms with van der Waals surface area (Å²) in [6, 6.07) is 3.90. The van der Waals surface area contributed by atoms with E-state index in [1.165, 1.54) is 25.3 Å². The van der Waals surface area contributed by atoms with Crippen LogP contribution in [0.2, 0.25) is 0 Å². The summed E-state index contributed by atoms with van der Waals surface area (Å²) in [6.07, 6.45) is 0. The highest BCUT2D eigenvalue weighted by Gasteiger charge is 2.13. The molecule has 17 heavy (non-hydrogen) atoms. The number of nitrogens with one attached hydrogen (secondary N) is 1. The van der Waals surface area contributed by atoms with Crippen molar-refractivity contribution in [3.8, 4) is 5.75 Å². The van der Waals surface area contributed by atoms with Crippen LogP contribution in [0, 0.1) is 5.82 Å². The number of hydrogen-bond acceptors (Lipinski definition) is 3. The van der Waals surface area contributed by atoms with Gasteiger partial charge in [0.25, 0.3) is 5.91 Å². The third-order valence-corrected chi connectivity index (χ3v) is 2.15. The lowest BCUT2D eigenvalue weighted by Crippen LogP contribution is -2.38. The summed E-state index contributed by atoms with van der Waals surface area (Å²) in [5.41, 5.74) is 5.34. The van der Waals surface area contributed by atoms with Crippen molar-refractivity contribution < 1.29 is 13.9 Å². The summed E-state index contributed by atoms with van der Waals surface area (Å²) < 4.78 is 18.3. The lowest BCUT2D eigenvalue weighted by molar-refractivity contribution is 0.0937. The summed E-state index contributed by atoms with van der Waals surface area (Å²) in [5, 5.41) is 2.58. The Bertz CT molecular complexity index is 388. The Morgan fingerprint density at radius 3 is 2.71 bits per heavy atom. The molecule has 1 amide bonds. The van der Waals surface area contributed by atoms with Gasteiger partial charge in [0, 0.05) is 18.7 Å². The zero-order valence-electron chi connectivity index (χ0n) is 9.70. The molecule has 0 spiro atoms. The maximum Gasteiger partial charge on any atom is 0.254 e. The third kappa shape index (κ3) is 4.20. The van der Waals surface area contributed by atoms with Crippen LogP contribution in [-0.4, -0.2) is 25.6 Å². The third-order valence-electron chi connectivity index (χ3n) is 2.15. The lowest BCUT2D eigenvalue weighted by atomic mass is 10.1. The summed E-state index contributed by atoms with van der Waals surface area (Å²) >= 11 is 0. The van der Waals surface area contributed by atoms with Gasteiger partial charge in [0.1, 0.15) is 11.6 Å². The lowest BCUT2D eigenvalue weighted by Gasteiger charge is -2.12. The molecule has 0 radical (unpaired) electrons. The molecule has 0 saturated heterocycles. The maximum absolute atomic E-state index is 13.5. The molecule has 0 fully saturated rings. The fraction of sp³-hybridized carbons (Fsp3) is 0.364. The normalized spacial score (nSPS) is 11.3.